The largest absolute Gasteiger partial charge is 0.369 e. The summed E-state index contributed by atoms with van der Waals surface area (Å²) in [5.74, 6) is 1.23. The fourth-order valence-electron chi connectivity index (χ4n) is 4.56. The van der Waals surface area contributed by atoms with Crippen LogP contribution in [0.15, 0.2) is 59.6 Å². The molecule has 4 N–H and O–H groups in total. The number of nitrogens with one attached hydrogen (secondary N) is 4. The second-order valence-corrected chi connectivity index (χ2v) is 11.0. The first-order chi connectivity index (χ1) is 18.0. The molecule has 0 amide bonds. The molecule has 0 saturated carbocycles. The van der Waals surface area contributed by atoms with Gasteiger partial charge in [0.2, 0.25) is 5.95 Å². The van der Waals surface area contributed by atoms with E-state index in [-0.39, 0.29) is 6.04 Å². The van der Waals surface area contributed by atoms with Crippen LogP contribution in [-0.2, 0) is 11.0 Å². The van der Waals surface area contributed by atoms with Crippen LogP contribution >= 0.6 is 0 Å². The van der Waals surface area contributed by atoms with Crippen LogP contribution in [0.25, 0.3) is 0 Å². The Morgan fingerprint density at radius 1 is 0.973 bits per heavy atom. The Kier molecular flexibility index (Phi) is 8.30. The molecule has 0 aliphatic carbocycles. The van der Waals surface area contributed by atoms with Gasteiger partial charge in [0, 0.05) is 61.0 Å². The van der Waals surface area contributed by atoms with Gasteiger partial charge in [0.25, 0.3) is 0 Å². The van der Waals surface area contributed by atoms with Gasteiger partial charge < -0.3 is 25.8 Å². The number of rotatable bonds is 8. The first kappa shape index (κ1) is 25.6. The summed E-state index contributed by atoms with van der Waals surface area (Å²) in [6.07, 6.45) is 3.77. The molecule has 0 spiro atoms. The van der Waals surface area contributed by atoms with Crippen LogP contribution in [0, 0.1) is 6.92 Å². The maximum Gasteiger partial charge on any atom is 0.229 e. The van der Waals surface area contributed by atoms with E-state index in [1.54, 1.807) is 6.20 Å². The number of anilines is 5. The summed E-state index contributed by atoms with van der Waals surface area (Å²) in [6.45, 7) is 8.14. The van der Waals surface area contributed by atoms with Gasteiger partial charge in [-0.05, 0) is 82.4 Å². The number of hydrogen-bond donors (Lipinski definition) is 4. The number of hydrogen-bond acceptors (Lipinski definition) is 8. The zero-order chi connectivity index (χ0) is 25.6. The first-order valence-electron chi connectivity index (χ1n) is 12.9. The summed E-state index contributed by atoms with van der Waals surface area (Å²) in [5, 5.41) is 10.0. The smallest absolute Gasteiger partial charge is 0.229 e. The highest BCUT2D eigenvalue weighted by Gasteiger charge is 2.17. The normalized spacial score (nSPS) is 17.9. The summed E-state index contributed by atoms with van der Waals surface area (Å²) in [6, 6.07) is 16.4. The maximum atomic E-state index is 12.9. The second-order valence-electron chi connectivity index (χ2n) is 9.75. The van der Waals surface area contributed by atoms with Crippen molar-refractivity contribution in [3.8, 4) is 0 Å². The summed E-state index contributed by atoms with van der Waals surface area (Å²) < 4.78 is 16.2. The minimum atomic E-state index is -1.26. The molecule has 10 heteroatoms. The van der Waals surface area contributed by atoms with Crippen molar-refractivity contribution in [3.05, 3.63) is 60.3 Å². The summed E-state index contributed by atoms with van der Waals surface area (Å²) in [4.78, 5) is 14.7. The van der Waals surface area contributed by atoms with Gasteiger partial charge in [-0.2, -0.15) is 4.98 Å². The van der Waals surface area contributed by atoms with Crippen LogP contribution in [0.4, 0.5) is 28.8 Å². The lowest BCUT2D eigenvalue weighted by molar-refractivity contribution is 0.313. The van der Waals surface area contributed by atoms with Crippen LogP contribution < -0.4 is 25.6 Å². The van der Waals surface area contributed by atoms with Crippen molar-refractivity contribution in [2.24, 2.45) is 0 Å². The van der Waals surface area contributed by atoms with E-state index in [0.29, 0.717) is 11.8 Å². The van der Waals surface area contributed by atoms with E-state index in [4.69, 9.17) is 4.98 Å². The molecular weight excluding hydrogens is 484 g/mol. The van der Waals surface area contributed by atoms with Gasteiger partial charge >= 0.3 is 0 Å². The van der Waals surface area contributed by atoms with Crippen molar-refractivity contribution in [1.82, 2.24) is 24.9 Å². The number of aromatic nitrogens is 2. The number of likely N-dealkylation sites (N-methyl/N-ethyl adjacent to an activating group) is 1. The third kappa shape index (κ3) is 6.84. The number of nitrogens with zero attached hydrogens (tertiary/aromatic N) is 4. The number of piperazine rings is 1. The number of benzene rings is 2. The average molecular weight is 521 g/mol. The topological polar surface area (TPSA) is 97.5 Å². The molecule has 2 aromatic carbocycles. The van der Waals surface area contributed by atoms with Gasteiger partial charge in [-0.25, -0.2) is 13.9 Å². The van der Waals surface area contributed by atoms with Crippen molar-refractivity contribution in [3.63, 3.8) is 0 Å². The van der Waals surface area contributed by atoms with Gasteiger partial charge in [-0.1, -0.05) is 6.07 Å². The molecule has 3 heterocycles. The van der Waals surface area contributed by atoms with Gasteiger partial charge in [0.15, 0.2) is 0 Å². The molecule has 1 aromatic heterocycles. The zero-order valence-corrected chi connectivity index (χ0v) is 22.4. The maximum absolute atomic E-state index is 12.9. The predicted octanol–water partition coefficient (Wildman–Crippen LogP) is 3.39. The molecule has 2 aliphatic rings. The molecule has 5 rings (SSSR count). The van der Waals surface area contributed by atoms with Crippen molar-refractivity contribution >= 4 is 39.8 Å². The Bertz CT molecular complexity index is 1210. The molecule has 0 radical (unpaired) electrons. The van der Waals surface area contributed by atoms with E-state index in [1.165, 1.54) is 5.69 Å². The standard InChI is InChI=1S/C27H36N8OS/c1-20-19-29-27(31-21-6-8-24(9-7-21)35-16-14-34(2)15-17-35)32-26(20)30-23-4-3-5-25(18-23)37(36)33-22-10-12-28-13-11-22/h3-9,18-19,22,28,33H,10-17H2,1-2H3,(H2,29,30,31,32). The first-order valence-corrected chi connectivity index (χ1v) is 14.1. The quantitative estimate of drug-likeness (QED) is 0.359. The third-order valence-corrected chi connectivity index (χ3v) is 8.12. The molecule has 9 nitrogen and oxygen atoms in total. The molecule has 2 fully saturated rings. The Labute approximate surface area is 221 Å². The molecule has 1 unspecified atom stereocenters. The Hall–Kier alpha value is -3.05. The molecule has 3 aromatic rings. The average Bonchev–Trinajstić information content (AvgIpc) is 2.92. The third-order valence-electron chi connectivity index (χ3n) is 6.89. The minimum absolute atomic E-state index is 0.270. The minimum Gasteiger partial charge on any atom is -0.369 e. The Balaban J connectivity index is 1.23. The summed E-state index contributed by atoms with van der Waals surface area (Å²) >= 11 is 0. The van der Waals surface area contributed by atoms with E-state index in [0.717, 1.165) is 73.9 Å². The number of piperidine rings is 1. The molecule has 196 valence electrons. The highest BCUT2D eigenvalue weighted by Crippen LogP contribution is 2.24. The van der Waals surface area contributed by atoms with Gasteiger partial charge in [0.1, 0.15) is 16.8 Å². The zero-order valence-electron chi connectivity index (χ0n) is 21.5. The molecular formula is C27H36N8OS. The molecule has 0 bridgehead atoms. The lowest BCUT2D eigenvalue weighted by Crippen LogP contribution is -2.44. The molecule has 2 saturated heterocycles. The van der Waals surface area contributed by atoms with Gasteiger partial charge in [-0.15, -0.1) is 0 Å². The van der Waals surface area contributed by atoms with E-state index in [2.05, 4.69) is 66.8 Å². The SMILES string of the molecule is Cc1cnc(Nc2ccc(N3CCN(C)CC3)cc2)nc1Nc1cccc(S(=O)NC2CCNCC2)c1. The van der Waals surface area contributed by atoms with Crippen LogP contribution in [0.2, 0.25) is 0 Å². The monoisotopic (exact) mass is 520 g/mol. The lowest BCUT2D eigenvalue weighted by Gasteiger charge is -2.34. The van der Waals surface area contributed by atoms with Crippen molar-refractivity contribution in [1.29, 1.82) is 0 Å². The van der Waals surface area contributed by atoms with Crippen LogP contribution in [0.5, 0.6) is 0 Å². The fraction of sp³-hybridized carbons (Fsp3) is 0.407. The van der Waals surface area contributed by atoms with Crippen LogP contribution in [0.1, 0.15) is 18.4 Å². The van der Waals surface area contributed by atoms with Crippen molar-refractivity contribution in [2.75, 3.05) is 61.8 Å². The Morgan fingerprint density at radius 2 is 1.73 bits per heavy atom. The second kappa shape index (κ2) is 12.0. The molecule has 2 aliphatic heterocycles. The molecule has 37 heavy (non-hydrogen) atoms. The highest BCUT2D eigenvalue weighted by molar-refractivity contribution is 7.83. The highest BCUT2D eigenvalue weighted by atomic mass is 32.2. The van der Waals surface area contributed by atoms with Crippen molar-refractivity contribution in [2.45, 2.75) is 30.7 Å². The van der Waals surface area contributed by atoms with Gasteiger partial charge in [-0.3, -0.25) is 0 Å². The lowest BCUT2D eigenvalue weighted by atomic mass is 10.1. The van der Waals surface area contributed by atoms with E-state index in [9.17, 15) is 4.21 Å². The Morgan fingerprint density at radius 3 is 2.49 bits per heavy atom. The van der Waals surface area contributed by atoms with Crippen LogP contribution in [0.3, 0.4) is 0 Å². The van der Waals surface area contributed by atoms with E-state index < -0.39 is 11.0 Å². The van der Waals surface area contributed by atoms with E-state index >= 15 is 0 Å². The fourth-order valence-corrected chi connectivity index (χ4v) is 5.67. The summed E-state index contributed by atoms with van der Waals surface area (Å²) in [7, 11) is 0.907. The number of aryl methyl sites for hydroxylation is 1. The predicted molar refractivity (Wildman–Crippen MR) is 151 cm³/mol. The van der Waals surface area contributed by atoms with Gasteiger partial charge in [0.05, 0.1) is 4.90 Å². The van der Waals surface area contributed by atoms with Crippen molar-refractivity contribution < 1.29 is 4.21 Å². The summed E-state index contributed by atoms with van der Waals surface area (Å²) in [5.41, 5.74) is 3.93. The van der Waals surface area contributed by atoms with Crippen LogP contribution in [-0.4, -0.2) is 71.4 Å². The molecule has 1 atom stereocenters. The van der Waals surface area contributed by atoms with E-state index in [1.807, 2.05) is 31.2 Å².